The fourth-order valence-corrected chi connectivity index (χ4v) is 5.22. The standard InChI is InChI=1S/C17H22FNO7S/c18-11-1-4-14(5-2-11)27(23,24)19-8-12(20)9-25-10-16-15(19)6-3-13(26-16)7-17(21)22/h1-2,4-5,12-13,15-16,20H,3,6-10H2,(H,21,22)/t12-,13-,15+,16-/m1/s1. The highest BCUT2D eigenvalue weighted by Crippen LogP contribution is 2.31. The van der Waals surface area contributed by atoms with Crippen molar-refractivity contribution in [3.8, 4) is 0 Å². The van der Waals surface area contributed by atoms with Gasteiger partial charge in [0.1, 0.15) is 5.82 Å². The summed E-state index contributed by atoms with van der Waals surface area (Å²) in [5, 5.41) is 19.1. The van der Waals surface area contributed by atoms with E-state index in [1.165, 1.54) is 16.4 Å². The van der Waals surface area contributed by atoms with Gasteiger partial charge < -0.3 is 19.7 Å². The molecule has 0 amide bonds. The number of sulfonamides is 1. The second-order valence-corrected chi connectivity index (χ2v) is 8.65. The van der Waals surface area contributed by atoms with Gasteiger partial charge >= 0.3 is 5.97 Å². The zero-order valence-corrected chi connectivity index (χ0v) is 15.3. The Labute approximate surface area is 156 Å². The van der Waals surface area contributed by atoms with Gasteiger partial charge in [0.15, 0.2) is 0 Å². The number of fused-ring (bicyclic) bond motifs is 1. The molecule has 2 N–H and O–H groups in total. The van der Waals surface area contributed by atoms with E-state index in [9.17, 15) is 22.7 Å². The first kappa shape index (κ1) is 20.2. The van der Waals surface area contributed by atoms with Crippen LogP contribution in [0.15, 0.2) is 29.2 Å². The number of aliphatic carboxylic acids is 1. The van der Waals surface area contributed by atoms with Crippen molar-refractivity contribution in [2.75, 3.05) is 19.8 Å². The van der Waals surface area contributed by atoms with Crippen LogP contribution in [0, 0.1) is 5.82 Å². The number of halogens is 1. The number of aliphatic hydroxyl groups is 1. The lowest BCUT2D eigenvalue weighted by Gasteiger charge is -2.43. The fourth-order valence-electron chi connectivity index (χ4n) is 3.51. The molecule has 1 aromatic rings. The van der Waals surface area contributed by atoms with E-state index in [4.69, 9.17) is 14.6 Å². The lowest BCUT2D eigenvalue weighted by Crippen LogP contribution is -2.57. The zero-order chi connectivity index (χ0) is 19.6. The summed E-state index contributed by atoms with van der Waals surface area (Å²) in [7, 11) is -4.01. The SMILES string of the molecule is O=C(O)C[C@H]1CC[C@H]2[C@@H](COC[C@H](O)CN2S(=O)(=O)c2ccc(F)cc2)O1. The normalized spacial score (nSPS) is 30.1. The third kappa shape index (κ3) is 4.64. The van der Waals surface area contributed by atoms with Gasteiger partial charge in [0.2, 0.25) is 10.0 Å². The summed E-state index contributed by atoms with van der Waals surface area (Å²) in [5.74, 6) is -1.54. The third-order valence-electron chi connectivity index (χ3n) is 4.76. The Kier molecular flexibility index (Phi) is 6.11. The number of aliphatic hydroxyl groups excluding tert-OH is 1. The molecule has 10 heteroatoms. The monoisotopic (exact) mass is 403 g/mol. The smallest absolute Gasteiger partial charge is 0.305 e. The quantitative estimate of drug-likeness (QED) is 0.757. The van der Waals surface area contributed by atoms with Gasteiger partial charge in [-0.15, -0.1) is 0 Å². The molecule has 2 aliphatic rings. The minimum Gasteiger partial charge on any atom is -0.481 e. The van der Waals surface area contributed by atoms with Crippen LogP contribution < -0.4 is 0 Å². The van der Waals surface area contributed by atoms with Gasteiger partial charge in [0.05, 0.1) is 48.9 Å². The van der Waals surface area contributed by atoms with Gasteiger partial charge in [-0.1, -0.05) is 0 Å². The van der Waals surface area contributed by atoms with Crippen LogP contribution in [0.1, 0.15) is 19.3 Å². The Morgan fingerprint density at radius 2 is 1.93 bits per heavy atom. The number of β-amino-alcohol motifs (C(OH)–C–C–N with tert-alkyl or cyclic N) is 1. The number of ether oxygens (including phenoxy) is 2. The highest BCUT2D eigenvalue weighted by atomic mass is 32.2. The summed E-state index contributed by atoms with van der Waals surface area (Å²) in [6.07, 6.45) is -1.61. The molecule has 2 saturated heterocycles. The number of nitrogens with zero attached hydrogens (tertiary/aromatic N) is 1. The maximum Gasteiger partial charge on any atom is 0.305 e. The maximum atomic E-state index is 13.2. The van der Waals surface area contributed by atoms with Crippen LogP contribution in [0.25, 0.3) is 0 Å². The molecule has 0 unspecified atom stereocenters. The number of benzene rings is 1. The molecule has 2 heterocycles. The van der Waals surface area contributed by atoms with E-state index in [1.54, 1.807) is 0 Å². The van der Waals surface area contributed by atoms with Crippen LogP contribution >= 0.6 is 0 Å². The third-order valence-corrected chi connectivity index (χ3v) is 6.66. The van der Waals surface area contributed by atoms with Gasteiger partial charge in [-0.05, 0) is 37.1 Å². The predicted molar refractivity (Wildman–Crippen MR) is 91.1 cm³/mol. The van der Waals surface area contributed by atoms with Gasteiger partial charge in [-0.3, -0.25) is 4.79 Å². The maximum absolute atomic E-state index is 13.2. The second kappa shape index (κ2) is 8.19. The molecule has 3 rings (SSSR count). The summed E-state index contributed by atoms with van der Waals surface area (Å²) < 4.78 is 51.8. The van der Waals surface area contributed by atoms with Crippen molar-refractivity contribution in [2.45, 2.75) is 48.5 Å². The van der Waals surface area contributed by atoms with Gasteiger partial charge in [-0.2, -0.15) is 4.31 Å². The molecule has 8 nitrogen and oxygen atoms in total. The largest absolute Gasteiger partial charge is 0.481 e. The van der Waals surface area contributed by atoms with Crippen LogP contribution in [0.4, 0.5) is 4.39 Å². The molecule has 0 aromatic heterocycles. The molecule has 0 aliphatic carbocycles. The summed E-state index contributed by atoms with van der Waals surface area (Å²) in [6.45, 7) is -0.202. The van der Waals surface area contributed by atoms with E-state index < -0.39 is 46.2 Å². The fraction of sp³-hybridized carbons (Fsp3) is 0.588. The molecule has 0 saturated carbocycles. The number of carbonyl (C=O) groups is 1. The lowest BCUT2D eigenvalue weighted by molar-refractivity contribution is -0.155. The molecule has 2 fully saturated rings. The number of carboxylic acids is 1. The number of rotatable bonds is 4. The van der Waals surface area contributed by atoms with Gasteiger partial charge in [0, 0.05) is 6.54 Å². The van der Waals surface area contributed by atoms with E-state index in [0.717, 1.165) is 12.1 Å². The lowest BCUT2D eigenvalue weighted by atomic mass is 9.96. The van der Waals surface area contributed by atoms with Crippen molar-refractivity contribution in [3.05, 3.63) is 30.1 Å². The topological polar surface area (TPSA) is 113 Å². The predicted octanol–water partition coefficient (Wildman–Crippen LogP) is 0.598. The summed E-state index contributed by atoms with van der Waals surface area (Å²) in [6, 6.07) is 3.87. The molecular weight excluding hydrogens is 381 g/mol. The first-order chi connectivity index (χ1) is 12.8. The number of hydrogen-bond donors (Lipinski definition) is 2. The van der Waals surface area contributed by atoms with Crippen molar-refractivity contribution in [1.82, 2.24) is 4.31 Å². The first-order valence-corrected chi connectivity index (χ1v) is 10.1. The van der Waals surface area contributed by atoms with Crippen LogP contribution in [-0.2, 0) is 24.3 Å². The molecular formula is C17H22FNO7S. The van der Waals surface area contributed by atoms with E-state index in [0.29, 0.717) is 12.8 Å². The minimum absolute atomic E-state index is 0.0489. The molecule has 2 aliphatic heterocycles. The first-order valence-electron chi connectivity index (χ1n) is 8.68. The Balaban J connectivity index is 1.89. The molecule has 150 valence electrons. The molecule has 4 atom stereocenters. The Bertz CT molecular complexity index is 770. The molecule has 0 spiro atoms. The van der Waals surface area contributed by atoms with Crippen molar-refractivity contribution < 1.29 is 37.3 Å². The van der Waals surface area contributed by atoms with E-state index in [2.05, 4.69) is 0 Å². The average Bonchev–Trinajstić information content (AvgIpc) is 2.58. The minimum atomic E-state index is -4.01. The van der Waals surface area contributed by atoms with Crippen molar-refractivity contribution >= 4 is 16.0 Å². The van der Waals surface area contributed by atoms with Crippen molar-refractivity contribution in [1.29, 1.82) is 0 Å². The Morgan fingerprint density at radius 1 is 1.22 bits per heavy atom. The van der Waals surface area contributed by atoms with Crippen molar-refractivity contribution in [3.63, 3.8) is 0 Å². The molecule has 0 radical (unpaired) electrons. The number of carboxylic acid groups (broad SMARTS) is 1. The van der Waals surface area contributed by atoms with E-state index >= 15 is 0 Å². The van der Waals surface area contributed by atoms with Crippen molar-refractivity contribution in [2.24, 2.45) is 0 Å². The average molecular weight is 403 g/mol. The number of hydrogen-bond acceptors (Lipinski definition) is 6. The highest BCUT2D eigenvalue weighted by Gasteiger charge is 2.43. The van der Waals surface area contributed by atoms with Crippen LogP contribution in [0.5, 0.6) is 0 Å². The highest BCUT2D eigenvalue weighted by molar-refractivity contribution is 7.89. The van der Waals surface area contributed by atoms with E-state index in [1.807, 2.05) is 0 Å². The van der Waals surface area contributed by atoms with E-state index in [-0.39, 0.29) is 31.1 Å². The Hall–Kier alpha value is -1.59. The summed E-state index contributed by atoms with van der Waals surface area (Å²) in [5.41, 5.74) is 0. The van der Waals surface area contributed by atoms with Gasteiger partial charge in [0.25, 0.3) is 0 Å². The Morgan fingerprint density at radius 3 is 2.59 bits per heavy atom. The molecule has 27 heavy (non-hydrogen) atoms. The van der Waals surface area contributed by atoms with Crippen LogP contribution in [-0.4, -0.2) is 73.0 Å². The van der Waals surface area contributed by atoms with Gasteiger partial charge in [-0.25, -0.2) is 12.8 Å². The molecule has 1 aromatic carbocycles. The zero-order valence-electron chi connectivity index (χ0n) is 14.5. The van der Waals surface area contributed by atoms with Crippen LogP contribution in [0.2, 0.25) is 0 Å². The molecule has 0 bridgehead atoms. The van der Waals surface area contributed by atoms with Crippen LogP contribution in [0.3, 0.4) is 0 Å². The summed E-state index contributed by atoms with van der Waals surface area (Å²) >= 11 is 0. The second-order valence-electron chi connectivity index (χ2n) is 6.76. The summed E-state index contributed by atoms with van der Waals surface area (Å²) in [4.78, 5) is 10.9.